The molecule has 0 unspecified atom stereocenters. The quantitative estimate of drug-likeness (QED) is 0.744. The lowest BCUT2D eigenvalue weighted by Gasteiger charge is -2.06. The number of H-pyrrole nitrogens is 1. The van der Waals surface area contributed by atoms with Gasteiger partial charge in [-0.05, 0) is 12.1 Å². The highest BCUT2D eigenvalue weighted by Gasteiger charge is 2.17. The number of aromatic hydroxyl groups is 1. The zero-order valence-electron chi connectivity index (χ0n) is 10.0. The van der Waals surface area contributed by atoms with Crippen LogP contribution in [0.1, 0.15) is 12.7 Å². The molecule has 0 aliphatic carbocycles. The minimum Gasteiger partial charge on any atom is -0.505 e. The lowest BCUT2D eigenvalue weighted by Crippen LogP contribution is -2.13. The van der Waals surface area contributed by atoms with Crippen molar-refractivity contribution in [3.63, 3.8) is 0 Å². The maximum Gasteiger partial charge on any atom is 0.278 e. The number of imidazole rings is 1. The van der Waals surface area contributed by atoms with Crippen LogP contribution in [0.2, 0.25) is 0 Å². The molecule has 0 aliphatic heterocycles. The lowest BCUT2D eigenvalue weighted by atomic mass is 10.3. The van der Waals surface area contributed by atoms with E-state index in [2.05, 4.69) is 14.7 Å². The first-order chi connectivity index (χ1) is 8.92. The fourth-order valence-electron chi connectivity index (χ4n) is 1.44. The molecule has 2 aromatic rings. The number of aromatic amines is 1. The van der Waals surface area contributed by atoms with Crippen molar-refractivity contribution in [2.24, 2.45) is 0 Å². The van der Waals surface area contributed by atoms with Crippen molar-refractivity contribution in [2.45, 2.75) is 18.4 Å². The molecule has 0 saturated heterocycles. The molecule has 19 heavy (non-hydrogen) atoms. The summed E-state index contributed by atoms with van der Waals surface area (Å²) in [6, 6.07) is 3.22. The van der Waals surface area contributed by atoms with Crippen LogP contribution >= 0.6 is 0 Å². The maximum absolute atomic E-state index is 13.1. The van der Waals surface area contributed by atoms with Crippen LogP contribution in [-0.4, -0.2) is 23.5 Å². The normalized spacial score (nSPS) is 11.5. The Morgan fingerprint density at radius 2 is 2.21 bits per heavy atom. The summed E-state index contributed by atoms with van der Waals surface area (Å²) >= 11 is 0. The second kappa shape index (κ2) is 4.88. The second-order valence-corrected chi connectivity index (χ2v) is 5.47. The number of phenolic OH excluding ortho intramolecular Hbond substituents is 1. The van der Waals surface area contributed by atoms with Crippen molar-refractivity contribution in [3.05, 3.63) is 36.0 Å². The molecule has 1 heterocycles. The van der Waals surface area contributed by atoms with Crippen molar-refractivity contribution in [1.29, 1.82) is 0 Å². The van der Waals surface area contributed by atoms with E-state index < -0.39 is 21.6 Å². The standard InChI is InChI=1S/C11H12FN3O3S/c1-2-10-13-6-11(14-10)19(17,18)15-7-3-4-9(16)8(12)5-7/h3-6,15-16H,2H2,1H3,(H,13,14). The summed E-state index contributed by atoms with van der Waals surface area (Å²) in [4.78, 5) is 6.53. The van der Waals surface area contributed by atoms with Crippen LogP contribution in [0.15, 0.2) is 29.4 Å². The number of anilines is 1. The maximum atomic E-state index is 13.1. The summed E-state index contributed by atoms with van der Waals surface area (Å²) in [5.74, 6) is -0.908. The Morgan fingerprint density at radius 1 is 1.47 bits per heavy atom. The number of benzene rings is 1. The van der Waals surface area contributed by atoms with Crippen LogP contribution in [0.4, 0.5) is 10.1 Å². The van der Waals surface area contributed by atoms with Gasteiger partial charge in [0.25, 0.3) is 10.0 Å². The third-order valence-corrected chi connectivity index (χ3v) is 3.72. The number of sulfonamides is 1. The summed E-state index contributed by atoms with van der Waals surface area (Å²) in [6.07, 6.45) is 1.77. The van der Waals surface area contributed by atoms with Crippen LogP contribution in [0, 0.1) is 5.82 Å². The average molecular weight is 285 g/mol. The van der Waals surface area contributed by atoms with Gasteiger partial charge < -0.3 is 10.1 Å². The predicted molar refractivity (Wildman–Crippen MR) is 66.8 cm³/mol. The molecule has 0 radical (unpaired) electrons. The Balaban J connectivity index is 2.28. The molecular formula is C11H12FN3O3S. The van der Waals surface area contributed by atoms with Gasteiger partial charge in [0.15, 0.2) is 16.6 Å². The average Bonchev–Trinajstić information content (AvgIpc) is 2.83. The number of phenols is 1. The van der Waals surface area contributed by atoms with E-state index in [1.165, 1.54) is 12.3 Å². The molecule has 1 aromatic heterocycles. The molecule has 2 rings (SSSR count). The number of hydrogen-bond acceptors (Lipinski definition) is 4. The van der Waals surface area contributed by atoms with Gasteiger partial charge in [-0.1, -0.05) is 6.92 Å². The number of aromatic nitrogens is 2. The Hall–Kier alpha value is -2.09. The summed E-state index contributed by atoms with van der Waals surface area (Å²) in [7, 11) is -3.85. The van der Waals surface area contributed by atoms with Crippen LogP contribution in [0.25, 0.3) is 0 Å². The fraction of sp³-hybridized carbons (Fsp3) is 0.182. The summed E-state index contributed by atoms with van der Waals surface area (Å²) < 4.78 is 39.2. The molecule has 1 aromatic carbocycles. The van der Waals surface area contributed by atoms with Crippen LogP contribution in [-0.2, 0) is 16.4 Å². The fourth-order valence-corrected chi connectivity index (χ4v) is 2.43. The number of rotatable bonds is 4. The van der Waals surface area contributed by atoms with Crippen molar-refractivity contribution < 1.29 is 17.9 Å². The molecule has 6 nitrogen and oxygen atoms in total. The third kappa shape index (κ3) is 2.84. The van der Waals surface area contributed by atoms with Gasteiger partial charge in [0.05, 0.1) is 11.9 Å². The summed E-state index contributed by atoms with van der Waals surface area (Å²) in [5, 5.41) is 8.93. The van der Waals surface area contributed by atoms with E-state index in [9.17, 15) is 12.8 Å². The molecule has 8 heteroatoms. The highest BCUT2D eigenvalue weighted by atomic mass is 32.2. The Morgan fingerprint density at radius 3 is 2.79 bits per heavy atom. The van der Waals surface area contributed by atoms with Crippen molar-refractivity contribution in [2.75, 3.05) is 4.72 Å². The van der Waals surface area contributed by atoms with Gasteiger partial charge in [0.1, 0.15) is 5.82 Å². The third-order valence-electron chi connectivity index (χ3n) is 2.43. The SMILES string of the molecule is CCc1ncc(S(=O)(=O)Nc2ccc(O)c(F)c2)[nH]1. The number of aryl methyl sites for hydroxylation is 1. The first-order valence-corrected chi connectivity index (χ1v) is 6.96. The number of nitrogens with zero attached hydrogens (tertiary/aromatic N) is 1. The number of hydrogen-bond donors (Lipinski definition) is 3. The van der Waals surface area contributed by atoms with E-state index >= 15 is 0 Å². The monoisotopic (exact) mass is 285 g/mol. The molecular weight excluding hydrogens is 273 g/mol. The van der Waals surface area contributed by atoms with E-state index in [4.69, 9.17) is 5.11 Å². The van der Waals surface area contributed by atoms with Gasteiger partial charge in [0.2, 0.25) is 0 Å². The first kappa shape index (κ1) is 13.3. The Bertz CT molecular complexity index is 697. The minimum atomic E-state index is -3.85. The molecule has 0 atom stereocenters. The van der Waals surface area contributed by atoms with E-state index in [1.54, 1.807) is 0 Å². The largest absolute Gasteiger partial charge is 0.505 e. The Kier molecular flexibility index (Phi) is 3.43. The van der Waals surface area contributed by atoms with Crippen LogP contribution in [0.5, 0.6) is 5.75 Å². The highest BCUT2D eigenvalue weighted by molar-refractivity contribution is 7.92. The molecule has 3 N–H and O–H groups in total. The van der Waals surface area contributed by atoms with Crippen molar-refractivity contribution in [3.8, 4) is 5.75 Å². The smallest absolute Gasteiger partial charge is 0.278 e. The highest BCUT2D eigenvalue weighted by Crippen LogP contribution is 2.21. The molecule has 0 bridgehead atoms. The van der Waals surface area contributed by atoms with E-state index in [0.717, 1.165) is 12.1 Å². The zero-order valence-corrected chi connectivity index (χ0v) is 10.8. The first-order valence-electron chi connectivity index (χ1n) is 5.47. The molecule has 0 fully saturated rings. The topological polar surface area (TPSA) is 95.1 Å². The lowest BCUT2D eigenvalue weighted by molar-refractivity contribution is 0.432. The number of nitrogens with one attached hydrogen (secondary N) is 2. The Labute approximate surface area is 109 Å². The number of halogens is 1. The predicted octanol–water partition coefficient (Wildman–Crippen LogP) is 1.62. The van der Waals surface area contributed by atoms with Gasteiger partial charge in [0, 0.05) is 12.5 Å². The van der Waals surface area contributed by atoms with E-state index in [1.807, 2.05) is 6.92 Å². The van der Waals surface area contributed by atoms with Crippen LogP contribution in [0.3, 0.4) is 0 Å². The molecule has 0 saturated carbocycles. The van der Waals surface area contributed by atoms with E-state index in [-0.39, 0.29) is 10.7 Å². The molecule has 0 spiro atoms. The van der Waals surface area contributed by atoms with Gasteiger partial charge in [-0.25, -0.2) is 9.37 Å². The minimum absolute atomic E-state index is 0.0166. The zero-order chi connectivity index (χ0) is 14.0. The van der Waals surface area contributed by atoms with Gasteiger partial charge in [-0.2, -0.15) is 8.42 Å². The van der Waals surface area contributed by atoms with Gasteiger partial charge in [-0.3, -0.25) is 4.72 Å². The van der Waals surface area contributed by atoms with Crippen LogP contribution < -0.4 is 4.72 Å². The second-order valence-electron chi connectivity index (χ2n) is 3.82. The molecule has 0 amide bonds. The summed E-state index contributed by atoms with van der Waals surface area (Å²) in [5.41, 5.74) is 0.0166. The van der Waals surface area contributed by atoms with E-state index in [0.29, 0.717) is 12.2 Å². The molecule has 102 valence electrons. The van der Waals surface area contributed by atoms with Crippen molar-refractivity contribution in [1.82, 2.24) is 9.97 Å². The van der Waals surface area contributed by atoms with Gasteiger partial charge >= 0.3 is 0 Å². The van der Waals surface area contributed by atoms with Gasteiger partial charge in [-0.15, -0.1) is 0 Å². The summed E-state index contributed by atoms with van der Waals surface area (Å²) in [6.45, 7) is 1.83. The molecule has 0 aliphatic rings. The van der Waals surface area contributed by atoms with Crippen molar-refractivity contribution >= 4 is 15.7 Å².